The number of para-hydroxylation sites is 1. The first-order valence-corrected chi connectivity index (χ1v) is 7.30. The topological polar surface area (TPSA) is 47.6 Å². The van der Waals surface area contributed by atoms with Crippen LogP contribution in [0.3, 0.4) is 0 Å². The van der Waals surface area contributed by atoms with Gasteiger partial charge in [-0.2, -0.15) is 0 Å². The molecule has 0 saturated carbocycles. The standard InChI is InChI=1S/C17H18ClNO3/c1-12(22-15-8-5-7-14(18)10-15)17(20)19-11-13-6-3-4-9-16(13)21-2/h3-10,12H,11H2,1-2H3,(H,19,20)/t12-/m1/s1. The number of benzene rings is 2. The van der Waals surface area contributed by atoms with Gasteiger partial charge >= 0.3 is 0 Å². The van der Waals surface area contributed by atoms with Gasteiger partial charge in [0, 0.05) is 17.1 Å². The summed E-state index contributed by atoms with van der Waals surface area (Å²) in [4.78, 5) is 12.1. The van der Waals surface area contributed by atoms with Crippen LogP contribution >= 0.6 is 11.6 Å². The Morgan fingerprint density at radius 2 is 2.00 bits per heavy atom. The number of nitrogens with one attached hydrogen (secondary N) is 1. The van der Waals surface area contributed by atoms with Crippen molar-refractivity contribution in [2.24, 2.45) is 0 Å². The van der Waals surface area contributed by atoms with Crippen LogP contribution < -0.4 is 14.8 Å². The molecule has 0 unspecified atom stereocenters. The fourth-order valence-corrected chi connectivity index (χ4v) is 2.15. The predicted octanol–water partition coefficient (Wildman–Crippen LogP) is 3.43. The molecular weight excluding hydrogens is 302 g/mol. The molecule has 0 aliphatic carbocycles. The highest BCUT2D eigenvalue weighted by atomic mass is 35.5. The fraction of sp³-hybridized carbons (Fsp3) is 0.235. The Morgan fingerprint density at radius 1 is 1.23 bits per heavy atom. The van der Waals surface area contributed by atoms with E-state index in [1.54, 1.807) is 38.3 Å². The fourth-order valence-electron chi connectivity index (χ4n) is 1.97. The van der Waals surface area contributed by atoms with Crippen molar-refractivity contribution in [3.63, 3.8) is 0 Å². The molecule has 0 aromatic heterocycles. The van der Waals surface area contributed by atoms with E-state index in [0.717, 1.165) is 11.3 Å². The lowest BCUT2D eigenvalue weighted by Crippen LogP contribution is -2.35. The largest absolute Gasteiger partial charge is 0.496 e. The summed E-state index contributed by atoms with van der Waals surface area (Å²) in [5, 5.41) is 3.40. The number of ether oxygens (including phenoxy) is 2. The van der Waals surface area contributed by atoms with Crippen molar-refractivity contribution in [3.8, 4) is 11.5 Å². The van der Waals surface area contributed by atoms with Gasteiger partial charge in [0.05, 0.1) is 7.11 Å². The molecule has 2 aromatic rings. The highest BCUT2D eigenvalue weighted by Crippen LogP contribution is 2.19. The molecule has 0 heterocycles. The molecular formula is C17H18ClNO3. The average molecular weight is 320 g/mol. The molecule has 0 aliphatic rings. The van der Waals surface area contributed by atoms with Gasteiger partial charge in [-0.3, -0.25) is 4.79 Å². The molecule has 1 amide bonds. The Morgan fingerprint density at radius 3 is 2.73 bits per heavy atom. The van der Waals surface area contributed by atoms with Crippen molar-refractivity contribution in [2.75, 3.05) is 7.11 Å². The summed E-state index contributed by atoms with van der Waals surface area (Å²) in [6.45, 7) is 2.07. The highest BCUT2D eigenvalue weighted by Gasteiger charge is 2.15. The number of hydrogen-bond donors (Lipinski definition) is 1. The van der Waals surface area contributed by atoms with Crippen LogP contribution in [0.25, 0.3) is 0 Å². The molecule has 2 aromatic carbocycles. The van der Waals surface area contributed by atoms with Crippen LogP contribution in [0.4, 0.5) is 0 Å². The highest BCUT2D eigenvalue weighted by molar-refractivity contribution is 6.30. The third kappa shape index (κ3) is 4.40. The molecule has 2 rings (SSSR count). The van der Waals surface area contributed by atoms with Gasteiger partial charge in [-0.05, 0) is 31.2 Å². The van der Waals surface area contributed by atoms with Gasteiger partial charge in [0.25, 0.3) is 5.91 Å². The van der Waals surface area contributed by atoms with Crippen molar-refractivity contribution < 1.29 is 14.3 Å². The Kier molecular flexibility index (Phi) is 5.67. The number of carbonyl (C=O) groups excluding carboxylic acids is 1. The predicted molar refractivity (Wildman–Crippen MR) is 86.4 cm³/mol. The normalized spacial score (nSPS) is 11.6. The third-order valence-electron chi connectivity index (χ3n) is 3.12. The lowest BCUT2D eigenvalue weighted by atomic mass is 10.2. The summed E-state index contributed by atoms with van der Waals surface area (Å²) >= 11 is 5.89. The van der Waals surface area contributed by atoms with Crippen LogP contribution in [-0.4, -0.2) is 19.1 Å². The van der Waals surface area contributed by atoms with E-state index in [1.807, 2.05) is 24.3 Å². The van der Waals surface area contributed by atoms with Crippen LogP contribution in [0, 0.1) is 0 Å². The Balaban J connectivity index is 1.91. The second-order valence-corrected chi connectivity index (χ2v) is 5.18. The monoisotopic (exact) mass is 319 g/mol. The second kappa shape index (κ2) is 7.71. The molecule has 0 fully saturated rings. The maximum Gasteiger partial charge on any atom is 0.261 e. The summed E-state index contributed by atoms with van der Waals surface area (Å²) in [5.41, 5.74) is 0.910. The number of methoxy groups -OCH3 is 1. The summed E-state index contributed by atoms with van der Waals surface area (Å²) in [6, 6.07) is 14.5. The lowest BCUT2D eigenvalue weighted by molar-refractivity contribution is -0.127. The molecule has 116 valence electrons. The summed E-state index contributed by atoms with van der Waals surface area (Å²) in [7, 11) is 1.60. The Bertz CT molecular complexity index is 645. The second-order valence-electron chi connectivity index (χ2n) is 4.75. The Labute approximate surface area is 135 Å². The van der Waals surface area contributed by atoms with Crippen LogP contribution in [0.15, 0.2) is 48.5 Å². The summed E-state index contributed by atoms with van der Waals surface area (Å²) in [5.74, 6) is 1.10. The van der Waals surface area contributed by atoms with E-state index in [2.05, 4.69) is 5.32 Å². The van der Waals surface area contributed by atoms with Gasteiger partial charge in [0.15, 0.2) is 6.10 Å². The van der Waals surface area contributed by atoms with Crippen molar-refractivity contribution in [1.29, 1.82) is 0 Å². The molecule has 0 aliphatic heterocycles. The quantitative estimate of drug-likeness (QED) is 0.887. The van der Waals surface area contributed by atoms with Crippen molar-refractivity contribution in [1.82, 2.24) is 5.32 Å². The van der Waals surface area contributed by atoms with Crippen LogP contribution in [0.1, 0.15) is 12.5 Å². The maximum absolute atomic E-state index is 12.1. The zero-order valence-corrected chi connectivity index (χ0v) is 13.3. The number of carbonyl (C=O) groups is 1. The zero-order chi connectivity index (χ0) is 15.9. The van der Waals surface area contributed by atoms with Crippen LogP contribution in [0.2, 0.25) is 5.02 Å². The van der Waals surface area contributed by atoms with E-state index in [4.69, 9.17) is 21.1 Å². The zero-order valence-electron chi connectivity index (χ0n) is 12.5. The molecule has 1 atom stereocenters. The van der Waals surface area contributed by atoms with E-state index in [0.29, 0.717) is 17.3 Å². The van der Waals surface area contributed by atoms with Crippen molar-refractivity contribution >= 4 is 17.5 Å². The van der Waals surface area contributed by atoms with E-state index >= 15 is 0 Å². The van der Waals surface area contributed by atoms with Gasteiger partial charge in [-0.15, -0.1) is 0 Å². The molecule has 4 nitrogen and oxygen atoms in total. The molecule has 1 N–H and O–H groups in total. The first-order chi connectivity index (χ1) is 10.6. The number of hydrogen-bond acceptors (Lipinski definition) is 3. The van der Waals surface area contributed by atoms with Crippen molar-refractivity contribution in [2.45, 2.75) is 19.6 Å². The number of rotatable bonds is 6. The molecule has 0 saturated heterocycles. The summed E-state index contributed by atoms with van der Waals surface area (Å²) in [6.07, 6.45) is -0.617. The third-order valence-corrected chi connectivity index (χ3v) is 3.36. The molecule has 5 heteroatoms. The molecule has 0 spiro atoms. The van der Waals surface area contributed by atoms with E-state index in [9.17, 15) is 4.79 Å². The van der Waals surface area contributed by atoms with E-state index in [1.165, 1.54) is 0 Å². The average Bonchev–Trinajstić information content (AvgIpc) is 2.52. The van der Waals surface area contributed by atoms with Gasteiger partial charge in [-0.25, -0.2) is 0 Å². The van der Waals surface area contributed by atoms with E-state index < -0.39 is 6.10 Å². The SMILES string of the molecule is COc1ccccc1CNC(=O)[C@@H](C)Oc1cccc(Cl)c1. The molecule has 0 radical (unpaired) electrons. The van der Waals surface area contributed by atoms with Gasteiger partial charge in [0.1, 0.15) is 11.5 Å². The van der Waals surface area contributed by atoms with Gasteiger partial charge < -0.3 is 14.8 Å². The lowest BCUT2D eigenvalue weighted by Gasteiger charge is -2.15. The van der Waals surface area contributed by atoms with Crippen LogP contribution in [-0.2, 0) is 11.3 Å². The smallest absolute Gasteiger partial charge is 0.261 e. The summed E-state index contributed by atoms with van der Waals surface area (Å²) < 4.78 is 10.8. The van der Waals surface area contributed by atoms with Crippen molar-refractivity contribution in [3.05, 3.63) is 59.1 Å². The van der Waals surface area contributed by atoms with Gasteiger partial charge in [0.2, 0.25) is 0 Å². The number of halogens is 1. The maximum atomic E-state index is 12.1. The molecule has 0 bridgehead atoms. The minimum absolute atomic E-state index is 0.203. The Hall–Kier alpha value is -2.20. The minimum Gasteiger partial charge on any atom is -0.496 e. The minimum atomic E-state index is -0.617. The van der Waals surface area contributed by atoms with E-state index in [-0.39, 0.29) is 5.91 Å². The molecule has 22 heavy (non-hydrogen) atoms. The van der Waals surface area contributed by atoms with Gasteiger partial charge in [-0.1, -0.05) is 35.9 Å². The first-order valence-electron chi connectivity index (χ1n) is 6.92. The number of amides is 1. The first kappa shape index (κ1) is 16.2. The van der Waals surface area contributed by atoms with Crippen LogP contribution in [0.5, 0.6) is 11.5 Å².